The highest BCUT2D eigenvalue weighted by molar-refractivity contribution is 6.39. The maximum Gasteiger partial charge on any atom is 0.313 e. The second-order valence-corrected chi connectivity index (χ2v) is 5.72. The first-order valence-electron chi connectivity index (χ1n) is 7.33. The molecule has 1 heterocycles. The molecule has 0 saturated heterocycles. The number of carbonyl (C=O) groups excluding carboxylic acids is 2. The van der Waals surface area contributed by atoms with Gasteiger partial charge in [0.05, 0.1) is 18.3 Å². The molecule has 0 aliphatic carbocycles. The van der Waals surface area contributed by atoms with Crippen molar-refractivity contribution in [2.24, 2.45) is 0 Å². The lowest BCUT2D eigenvalue weighted by Crippen LogP contribution is -2.39. The summed E-state index contributed by atoms with van der Waals surface area (Å²) in [6.07, 6.45) is 0.547. The molecule has 24 heavy (non-hydrogen) atoms. The molecule has 1 atom stereocenters. The Labute approximate surface area is 142 Å². The van der Waals surface area contributed by atoms with Crippen molar-refractivity contribution in [1.29, 1.82) is 0 Å². The highest BCUT2D eigenvalue weighted by Crippen LogP contribution is 2.31. The minimum absolute atomic E-state index is 0.105. The van der Waals surface area contributed by atoms with Crippen molar-refractivity contribution < 1.29 is 18.7 Å². The Balaban J connectivity index is 1.68. The number of amides is 2. The fourth-order valence-electron chi connectivity index (χ4n) is 2.49. The van der Waals surface area contributed by atoms with Crippen LogP contribution in [0.3, 0.4) is 0 Å². The molecule has 0 fully saturated rings. The van der Waals surface area contributed by atoms with Gasteiger partial charge in [-0.2, -0.15) is 0 Å². The number of hydrogen-bond acceptors (Lipinski definition) is 3. The zero-order valence-corrected chi connectivity index (χ0v) is 13.3. The van der Waals surface area contributed by atoms with E-state index in [9.17, 15) is 14.0 Å². The first-order valence-corrected chi connectivity index (χ1v) is 7.71. The van der Waals surface area contributed by atoms with E-state index in [1.54, 1.807) is 6.07 Å². The summed E-state index contributed by atoms with van der Waals surface area (Å²) in [5.41, 5.74) is 0.703. The Morgan fingerprint density at radius 3 is 2.75 bits per heavy atom. The molecule has 2 aromatic rings. The molecular formula is C17H14ClFN2O3. The largest absolute Gasteiger partial charge is 0.493 e. The number of benzene rings is 2. The van der Waals surface area contributed by atoms with Gasteiger partial charge in [0.2, 0.25) is 0 Å². The summed E-state index contributed by atoms with van der Waals surface area (Å²) in [5.74, 6) is -1.82. The van der Waals surface area contributed by atoms with E-state index in [4.69, 9.17) is 16.3 Å². The summed E-state index contributed by atoms with van der Waals surface area (Å²) in [5, 5.41) is 5.08. The molecule has 0 bridgehead atoms. The SMILES string of the molecule is O=C(Nc1ccc(Cl)cc1F)C(=O)NC1CCOc2ccccc21. The van der Waals surface area contributed by atoms with Crippen molar-refractivity contribution in [3.05, 3.63) is 58.9 Å². The van der Waals surface area contributed by atoms with Crippen molar-refractivity contribution in [3.8, 4) is 5.75 Å². The van der Waals surface area contributed by atoms with Gasteiger partial charge in [-0.15, -0.1) is 0 Å². The zero-order valence-electron chi connectivity index (χ0n) is 12.5. The van der Waals surface area contributed by atoms with Crippen molar-refractivity contribution in [1.82, 2.24) is 5.32 Å². The van der Waals surface area contributed by atoms with Gasteiger partial charge in [-0.3, -0.25) is 9.59 Å². The average Bonchev–Trinajstić information content (AvgIpc) is 2.57. The summed E-state index contributed by atoms with van der Waals surface area (Å²) in [6, 6.07) is 10.7. The number of ether oxygens (including phenoxy) is 1. The molecule has 2 amide bonds. The lowest BCUT2D eigenvalue weighted by Gasteiger charge is -2.26. The van der Waals surface area contributed by atoms with Gasteiger partial charge < -0.3 is 15.4 Å². The van der Waals surface area contributed by atoms with E-state index in [1.165, 1.54) is 12.1 Å². The number of hydrogen-bond donors (Lipinski definition) is 2. The molecule has 5 nitrogen and oxygen atoms in total. The summed E-state index contributed by atoms with van der Waals surface area (Å²) >= 11 is 5.65. The van der Waals surface area contributed by atoms with E-state index in [-0.39, 0.29) is 16.8 Å². The van der Waals surface area contributed by atoms with E-state index < -0.39 is 17.6 Å². The molecule has 124 valence electrons. The van der Waals surface area contributed by atoms with Crippen LogP contribution >= 0.6 is 11.6 Å². The topological polar surface area (TPSA) is 67.4 Å². The number of nitrogens with one attached hydrogen (secondary N) is 2. The van der Waals surface area contributed by atoms with Crippen LogP contribution in [0.5, 0.6) is 5.75 Å². The fourth-order valence-corrected chi connectivity index (χ4v) is 2.64. The maximum atomic E-state index is 13.7. The van der Waals surface area contributed by atoms with E-state index in [0.717, 1.165) is 11.6 Å². The maximum absolute atomic E-state index is 13.7. The Hall–Kier alpha value is -2.60. The third-order valence-corrected chi connectivity index (χ3v) is 3.88. The minimum atomic E-state index is -0.944. The molecular weight excluding hydrogens is 335 g/mol. The van der Waals surface area contributed by atoms with Crippen LogP contribution in [0, 0.1) is 5.82 Å². The van der Waals surface area contributed by atoms with Crippen LogP contribution < -0.4 is 15.4 Å². The zero-order chi connectivity index (χ0) is 17.1. The van der Waals surface area contributed by atoms with Crippen LogP contribution in [-0.4, -0.2) is 18.4 Å². The van der Waals surface area contributed by atoms with Crippen molar-refractivity contribution in [3.63, 3.8) is 0 Å². The first-order chi connectivity index (χ1) is 11.5. The molecule has 0 spiro atoms. The average molecular weight is 349 g/mol. The van der Waals surface area contributed by atoms with Gasteiger partial charge in [0.25, 0.3) is 0 Å². The number of rotatable bonds is 2. The standard InChI is InChI=1S/C17H14ClFN2O3/c18-10-5-6-14(12(19)9-10)21-17(23)16(22)20-13-7-8-24-15-4-2-1-3-11(13)15/h1-6,9,13H,7-8H2,(H,20,22)(H,21,23). The number of anilines is 1. The number of para-hydroxylation sites is 1. The van der Waals surface area contributed by atoms with Crippen LogP contribution in [0.2, 0.25) is 5.02 Å². The third kappa shape index (κ3) is 3.49. The van der Waals surface area contributed by atoms with Gasteiger partial charge in [-0.05, 0) is 24.3 Å². The van der Waals surface area contributed by atoms with Gasteiger partial charge >= 0.3 is 11.8 Å². The quantitative estimate of drug-likeness (QED) is 0.820. The monoisotopic (exact) mass is 348 g/mol. The smallest absolute Gasteiger partial charge is 0.313 e. The normalized spacial score (nSPS) is 15.8. The van der Waals surface area contributed by atoms with Crippen molar-refractivity contribution in [2.75, 3.05) is 11.9 Å². The Morgan fingerprint density at radius 1 is 1.17 bits per heavy atom. The summed E-state index contributed by atoms with van der Waals surface area (Å²) in [7, 11) is 0. The van der Waals surface area contributed by atoms with E-state index >= 15 is 0 Å². The molecule has 1 aliphatic rings. The molecule has 0 aromatic heterocycles. The fraction of sp³-hybridized carbons (Fsp3) is 0.176. The highest BCUT2D eigenvalue weighted by atomic mass is 35.5. The second-order valence-electron chi connectivity index (χ2n) is 5.28. The molecule has 1 unspecified atom stereocenters. The second kappa shape index (κ2) is 6.88. The molecule has 0 radical (unpaired) electrons. The van der Waals surface area contributed by atoms with Crippen LogP contribution in [-0.2, 0) is 9.59 Å². The van der Waals surface area contributed by atoms with Crippen LogP contribution in [0.1, 0.15) is 18.0 Å². The molecule has 2 aromatic carbocycles. The number of halogens is 2. The van der Waals surface area contributed by atoms with Gasteiger partial charge in [0.15, 0.2) is 0 Å². The molecule has 0 saturated carbocycles. The van der Waals surface area contributed by atoms with Gasteiger partial charge in [0, 0.05) is 17.0 Å². The predicted octanol–water partition coefficient (Wildman–Crippen LogP) is 3.06. The van der Waals surface area contributed by atoms with Crippen LogP contribution in [0.4, 0.5) is 10.1 Å². The van der Waals surface area contributed by atoms with Crippen molar-refractivity contribution >= 4 is 29.1 Å². The number of carbonyl (C=O) groups is 2. The van der Waals surface area contributed by atoms with Crippen LogP contribution in [0.25, 0.3) is 0 Å². The molecule has 7 heteroatoms. The Kier molecular flexibility index (Phi) is 4.66. The highest BCUT2D eigenvalue weighted by Gasteiger charge is 2.25. The van der Waals surface area contributed by atoms with E-state index in [1.807, 2.05) is 18.2 Å². The molecule has 2 N–H and O–H groups in total. The molecule has 1 aliphatic heterocycles. The first kappa shape index (κ1) is 16.3. The predicted molar refractivity (Wildman–Crippen MR) is 87.5 cm³/mol. The summed E-state index contributed by atoms with van der Waals surface area (Å²) in [4.78, 5) is 24.1. The Morgan fingerprint density at radius 2 is 1.96 bits per heavy atom. The summed E-state index contributed by atoms with van der Waals surface area (Å²) < 4.78 is 19.2. The lowest BCUT2D eigenvalue weighted by atomic mass is 10.0. The lowest BCUT2D eigenvalue weighted by molar-refractivity contribution is -0.136. The van der Waals surface area contributed by atoms with Crippen LogP contribution in [0.15, 0.2) is 42.5 Å². The molecule has 3 rings (SSSR count). The van der Waals surface area contributed by atoms with Crippen molar-refractivity contribution in [2.45, 2.75) is 12.5 Å². The summed E-state index contributed by atoms with van der Waals surface area (Å²) in [6.45, 7) is 0.440. The Bertz CT molecular complexity index is 797. The van der Waals surface area contributed by atoms with E-state index in [0.29, 0.717) is 18.8 Å². The minimum Gasteiger partial charge on any atom is -0.493 e. The van der Waals surface area contributed by atoms with Gasteiger partial charge in [-0.25, -0.2) is 4.39 Å². The van der Waals surface area contributed by atoms with Gasteiger partial charge in [0.1, 0.15) is 11.6 Å². The van der Waals surface area contributed by atoms with Gasteiger partial charge in [-0.1, -0.05) is 29.8 Å². The van der Waals surface area contributed by atoms with E-state index in [2.05, 4.69) is 10.6 Å². The number of fused-ring (bicyclic) bond motifs is 1. The third-order valence-electron chi connectivity index (χ3n) is 3.65.